The maximum absolute atomic E-state index is 11.1. The summed E-state index contributed by atoms with van der Waals surface area (Å²) in [6.07, 6.45) is 1.82. The van der Waals surface area contributed by atoms with Gasteiger partial charge in [0.05, 0.1) is 11.4 Å². The van der Waals surface area contributed by atoms with Crippen molar-refractivity contribution in [2.75, 3.05) is 13.7 Å². The van der Waals surface area contributed by atoms with E-state index in [9.17, 15) is 4.79 Å². The molecule has 0 aliphatic rings. The van der Waals surface area contributed by atoms with E-state index >= 15 is 0 Å². The molecule has 0 fully saturated rings. The number of thiophene rings is 1. The van der Waals surface area contributed by atoms with E-state index in [0.29, 0.717) is 12.1 Å². The van der Waals surface area contributed by atoms with Gasteiger partial charge in [-0.3, -0.25) is 0 Å². The first kappa shape index (κ1) is 14.2. The second-order valence-corrected chi connectivity index (χ2v) is 5.40. The third-order valence-corrected chi connectivity index (χ3v) is 3.77. The van der Waals surface area contributed by atoms with Crippen LogP contribution >= 0.6 is 22.9 Å². The normalized spacial score (nSPS) is 13.5. The van der Waals surface area contributed by atoms with Crippen LogP contribution in [0.3, 0.4) is 0 Å². The highest BCUT2D eigenvalue weighted by Crippen LogP contribution is 2.26. The highest BCUT2D eigenvalue weighted by molar-refractivity contribution is 7.16. The van der Waals surface area contributed by atoms with Crippen LogP contribution in [0, 0.1) is 0 Å². The minimum atomic E-state index is -0.293. The van der Waals surface area contributed by atoms with Crippen LogP contribution < -0.4 is 5.32 Å². The molecule has 1 aromatic rings. The quantitative estimate of drug-likeness (QED) is 0.661. The highest BCUT2D eigenvalue weighted by atomic mass is 35.5. The van der Waals surface area contributed by atoms with Gasteiger partial charge >= 0.3 is 5.97 Å². The Morgan fingerprint density at radius 2 is 2.35 bits per heavy atom. The van der Waals surface area contributed by atoms with Crippen LogP contribution in [0.5, 0.6) is 0 Å². The van der Waals surface area contributed by atoms with E-state index in [-0.39, 0.29) is 12.0 Å². The number of carbonyl (C=O) groups is 1. The van der Waals surface area contributed by atoms with Crippen LogP contribution in [-0.2, 0) is 9.53 Å². The Hall–Kier alpha value is -0.840. The highest BCUT2D eigenvalue weighted by Gasteiger charge is 2.07. The van der Waals surface area contributed by atoms with Gasteiger partial charge in [-0.15, -0.1) is 11.3 Å². The number of carbonyl (C=O) groups excluding carboxylic acids is 1. The lowest BCUT2D eigenvalue weighted by molar-refractivity contribution is -0.136. The molecule has 0 aliphatic carbocycles. The van der Waals surface area contributed by atoms with Crippen molar-refractivity contribution in [1.82, 2.24) is 5.32 Å². The maximum Gasteiger partial charge on any atom is 0.333 e. The second kappa shape index (κ2) is 6.79. The summed E-state index contributed by atoms with van der Waals surface area (Å²) in [7, 11) is 1.38. The average molecular weight is 274 g/mol. The van der Waals surface area contributed by atoms with E-state index < -0.39 is 0 Å². The van der Waals surface area contributed by atoms with E-state index in [1.54, 1.807) is 18.3 Å². The Morgan fingerprint density at radius 3 is 2.88 bits per heavy atom. The number of hydrogen-bond donors (Lipinski definition) is 1. The smallest absolute Gasteiger partial charge is 0.333 e. The lowest BCUT2D eigenvalue weighted by Crippen LogP contribution is -2.18. The lowest BCUT2D eigenvalue weighted by Gasteiger charge is -2.10. The number of hydrogen-bond acceptors (Lipinski definition) is 4. The van der Waals surface area contributed by atoms with E-state index in [4.69, 9.17) is 11.6 Å². The molecule has 1 N–H and O–H groups in total. The molecular weight excluding hydrogens is 258 g/mol. The summed E-state index contributed by atoms with van der Waals surface area (Å²) < 4.78 is 5.39. The van der Waals surface area contributed by atoms with Gasteiger partial charge in [0.2, 0.25) is 0 Å². The largest absolute Gasteiger partial charge is 0.466 e. The summed E-state index contributed by atoms with van der Waals surface area (Å²) in [5, 5.41) is 3.29. The van der Waals surface area contributed by atoms with Crippen LogP contribution in [-0.4, -0.2) is 19.6 Å². The standard InChI is InChI=1S/C12H16ClNO2S/c1-8(12(15)16-3)6-7-14-9(2)10-4-5-11(13)17-10/h4-6,9,14H,7H2,1-3H3/b8-6+. The Balaban J connectivity index is 2.44. The molecule has 3 nitrogen and oxygen atoms in total. The van der Waals surface area contributed by atoms with Crippen LogP contribution in [0.1, 0.15) is 24.8 Å². The molecule has 5 heteroatoms. The number of rotatable bonds is 5. The minimum Gasteiger partial charge on any atom is -0.466 e. The molecule has 0 spiro atoms. The molecule has 1 heterocycles. The summed E-state index contributed by atoms with van der Waals surface area (Å²) >= 11 is 7.42. The monoisotopic (exact) mass is 273 g/mol. The first-order valence-electron chi connectivity index (χ1n) is 5.28. The fraction of sp³-hybridized carbons (Fsp3) is 0.417. The molecule has 0 aliphatic heterocycles. The predicted octanol–water partition coefficient (Wildman–Crippen LogP) is 3.17. The van der Waals surface area contributed by atoms with Gasteiger partial charge in [-0.25, -0.2) is 4.79 Å². The molecule has 94 valence electrons. The van der Waals surface area contributed by atoms with Gasteiger partial charge in [-0.05, 0) is 26.0 Å². The molecule has 0 radical (unpaired) electrons. The third-order valence-electron chi connectivity index (χ3n) is 2.36. The Kier molecular flexibility index (Phi) is 5.68. The molecule has 0 bridgehead atoms. The summed E-state index contributed by atoms with van der Waals surface area (Å²) in [5.41, 5.74) is 0.608. The molecular formula is C12H16ClNO2S. The van der Waals surface area contributed by atoms with Gasteiger partial charge in [-0.2, -0.15) is 0 Å². The van der Waals surface area contributed by atoms with Gasteiger partial charge in [0.15, 0.2) is 0 Å². The van der Waals surface area contributed by atoms with Crippen molar-refractivity contribution in [2.24, 2.45) is 0 Å². The Bertz CT molecular complexity index is 414. The molecule has 1 rings (SSSR count). The van der Waals surface area contributed by atoms with Gasteiger partial charge in [0, 0.05) is 23.0 Å². The van der Waals surface area contributed by atoms with Crippen molar-refractivity contribution in [1.29, 1.82) is 0 Å². The van der Waals surface area contributed by atoms with Gasteiger partial charge in [0.25, 0.3) is 0 Å². The number of ether oxygens (including phenoxy) is 1. The first-order valence-corrected chi connectivity index (χ1v) is 6.47. The lowest BCUT2D eigenvalue weighted by atomic mass is 10.2. The SMILES string of the molecule is COC(=O)/C(C)=C/CNC(C)c1ccc(Cl)s1. The van der Waals surface area contributed by atoms with Crippen molar-refractivity contribution >= 4 is 28.9 Å². The van der Waals surface area contributed by atoms with Crippen LogP contribution in [0.4, 0.5) is 0 Å². The summed E-state index contributed by atoms with van der Waals surface area (Å²) in [6.45, 7) is 4.42. The molecule has 0 aromatic carbocycles. The Labute approximate surface area is 110 Å². The summed E-state index contributed by atoms with van der Waals surface area (Å²) in [5.74, 6) is -0.293. The van der Waals surface area contributed by atoms with E-state index in [2.05, 4.69) is 17.0 Å². The molecule has 0 saturated heterocycles. The van der Waals surface area contributed by atoms with Crippen molar-refractivity contribution in [3.05, 3.63) is 33.0 Å². The van der Waals surface area contributed by atoms with Crippen LogP contribution in [0.2, 0.25) is 4.34 Å². The fourth-order valence-electron chi connectivity index (χ4n) is 1.29. The minimum absolute atomic E-state index is 0.217. The molecule has 17 heavy (non-hydrogen) atoms. The summed E-state index contributed by atoms with van der Waals surface area (Å²) in [6, 6.07) is 4.10. The molecule has 0 saturated carbocycles. The molecule has 1 unspecified atom stereocenters. The van der Waals surface area contributed by atoms with E-state index in [0.717, 1.165) is 4.34 Å². The van der Waals surface area contributed by atoms with Crippen molar-refractivity contribution in [3.8, 4) is 0 Å². The van der Waals surface area contributed by atoms with E-state index in [1.165, 1.54) is 12.0 Å². The molecule has 0 amide bonds. The van der Waals surface area contributed by atoms with Crippen molar-refractivity contribution < 1.29 is 9.53 Å². The number of esters is 1. The van der Waals surface area contributed by atoms with Gasteiger partial charge in [-0.1, -0.05) is 17.7 Å². The second-order valence-electron chi connectivity index (χ2n) is 3.65. The van der Waals surface area contributed by atoms with Gasteiger partial charge in [0.1, 0.15) is 0 Å². The summed E-state index contributed by atoms with van der Waals surface area (Å²) in [4.78, 5) is 12.3. The average Bonchev–Trinajstić information content (AvgIpc) is 2.74. The Morgan fingerprint density at radius 1 is 1.65 bits per heavy atom. The molecule has 1 aromatic heterocycles. The number of halogens is 1. The number of methoxy groups -OCH3 is 1. The predicted molar refractivity (Wildman–Crippen MR) is 71.5 cm³/mol. The van der Waals surface area contributed by atoms with E-state index in [1.807, 2.05) is 18.2 Å². The zero-order valence-electron chi connectivity index (χ0n) is 10.1. The zero-order valence-corrected chi connectivity index (χ0v) is 11.7. The zero-order chi connectivity index (χ0) is 12.8. The first-order chi connectivity index (χ1) is 8.04. The van der Waals surface area contributed by atoms with Crippen LogP contribution in [0.25, 0.3) is 0 Å². The third kappa shape index (κ3) is 4.50. The van der Waals surface area contributed by atoms with Gasteiger partial charge < -0.3 is 10.1 Å². The van der Waals surface area contributed by atoms with Crippen molar-refractivity contribution in [2.45, 2.75) is 19.9 Å². The number of nitrogens with one attached hydrogen (secondary N) is 1. The fourth-order valence-corrected chi connectivity index (χ4v) is 2.38. The topological polar surface area (TPSA) is 38.3 Å². The van der Waals surface area contributed by atoms with Crippen LogP contribution in [0.15, 0.2) is 23.8 Å². The maximum atomic E-state index is 11.1. The van der Waals surface area contributed by atoms with Crippen molar-refractivity contribution in [3.63, 3.8) is 0 Å². The molecule has 1 atom stereocenters.